The number of aromatic nitrogens is 8. The van der Waals surface area contributed by atoms with E-state index in [4.69, 9.17) is 18.8 Å². The summed E-state index contributed by atoms with van der Waals surface area (Å²) in [6.07, 6.45) is 11.3. The molecule has 0 bridgehead atoms. The predicted octanol–water partition coefficient (Wildman–Crippen LogP) is 14.0. The number of H-pyrrole nitrogens is 1. The lowest BCUT2D eigenvalue weighted by Crippen LogP contribution is -1.93. The Morgan fingerprint density at radius 2 is 0.848 bits per heavy atom. The number of rotatable bonds is 3. The van der Waals surface area contributed by atoms with E-state index in [1.807, 2.05) is 49.3 Å². The summed E-state index contributed by atoms with van der Waals surface area (Å²) in [5.41, 5.74) is 16.4. The Morgan fingerprint density at radius 1 is 0.379 bits per heavy atom. The molecule has 306 valence electrons. The first kappa shape index (κ1) is 34.2. The summed E-state index contributed by atoms with van der Waals surface area (Å²) in [5.74, 6) is 0. The lowest BCUT2D eigenvalue weighted by molar-refractivity contribution is 0.665. The fourth-order valence-electron chi connectivity index (χ4n) is 11.1. The van der Waals surface area contributed by atoms with Gasteiger partial charge in [0, 0.05) is 97.5 Å². The molecule has 0 aliphatic carbocycles. The quantitative estimate of drug-likeness (QED) is 0.190. The van der Waals surface area contributed by atoms with E-state index in [9.17, 15) is 0 Å². The summed E-state index contributed by atoms with van der Waals surface area (Å²) >= 11 is 0. The van der Waals surface area contributed by atoms with Gasteiger partial charge in [0.15, 0.2) is 0 Å². The van der Waals surface area contributed by atoms with Crippen LogP contribution in [0.15, 0.2) is 186 Å². The van der Waals surface area contributed by atoms with Gasteiger partial charge >= 0.3 is 0 Å². The van der Waals surface area contributed by atoms with E-state index in [0.717, 1.165) is 148 Å². The molecule has 0 atom stereocenters. The van der Waals surface area contributed by atoms with Crippen LogP contribution in [0.1, 0.15) is 0 Å². The predicted molar refractivity (Wildman–Crippen MR) is 265 cm³/mol. The van der Waals surface area contributed by atoms with Crippen LogP contribution in [-0.4, -0.2) is 38.6 Å². The molecule has 0 spiro atoms. The highest BCUT2D eigenvalue weighted by molar-refractivity contribution is 6.37. The van der Waals surface area contributed by atoms with Crippen LogP contribution in [0.2, 0.25) is 0 Å². The minimum atomic E-state index is 0.764. The first-order valence-electron chi connectivity index (χ1n) is 21.9. The summed E-state index contributed by atoms with van der Waals surface area (Å²) in [5, 5.41) is 10.2. The summed E-state index contributed by atoms with van der Waals surface area (Å²) in [6, 6.07) is 49.0. The van der Waals surface area contributed by atoms with Crippen LogP contribution < -0.4 is 0 Å². The highest BCUT2D eigenvalue weighted by Gasteiger charge is 2.26. The van der Waals surface area contributed by atoms with E-state index in [0.29, 0.717) is 0 Å². The third-order valence-electron chi connectivity index (χ3n) is 13.8. The van der Waals surface area contributed by atoms with Crippen molar-refractivity contribution in [2.75, 3.05) is 0 Å². The van der Waals surface area contributed by atoms with Crippen molar-refractivity contribution in [3.8, 4) is 17.1 Å². The van der Waals surface area contributed by atoms with Crippen molar-refractivity contribution in [3.05, 3.63) is 177 Å². The highest BCUT2D eigenvalue weighted by Crippen LogP contribution is 2.48. The van der Waals surface area contributed by atoms with Gasteiger partial charge in [0.05, 0.1) is 65.8 Å². The molecule has 10 heterocycles. The molecule has 0 fully saturated rings. The second kappa shape index (κ2) is 12.2. The fraction of sp³-hybridized carbons (Fsp3) is 0. The van der Waals surface area contributed by atoms with Crippen LogP contribution in [0, 0.1) is 0 Å². The molecular weight excluding hydrogens is 817 g/mol. The topological polar surface area (TPSA) is 108 Å². The molecule has 0 saturated heterocycles. The summed E-state index contributed by atoms with van der Waals surface area (Å²) in [4.78, 5) is 22.5. The third-order valence-corrected chi connectivity index (χ3v) is 13.8. The smallest absolute Gasteiger partial charge is 0.149 e. The van der Waals surface area contributed by atoms with E-state index in [1.54, 1.807) is 0 Å². The van der Waals surface area contributed by atoms with Crippen molar-refractivity contribution in [2.24, 2.45) is 0 Å². The monoisotopic (exact) mass is 846 g/mol. The molecule has 1 N–H and O–H groups in total. The number of hydrogen-bond donors (Lipinski definition) is 1. The number of benzene rings is 6. The average molecular weight is 847 g/mol. The summed E-state index contributed by atoms with van der Waals surface area (Å²) in [6.45, 7) is 0. The van der Waals surface area contributed by atoms with Gasteiger partial charge in [-0.1, -0.05) is 36.4 Å². The van der Waals surface area contributed by atoms with Gasteiger partial charge in [0.25, 0.3) is 0 Å². The molecule has 10 heteroatoms. The molecule has 0 aliphatic rings. The van der Waals surface area contributed by atoms with Gasteiger partial charge in [0.1, 0.15) is 22.3 Å². The van der Waals surface area contributed by atoms with Crippen LogP contribution in [0.25, 0.3) is 148 Å². The van der Waals surface area contributed by atoms with Crippen molar-refractivity contribution in [2.45, 2.75) is 0 Å². The Balaban J connectivity index is 1.04. The minimum Gasteiger partial charge on any atom is -0.455 e. The summed E-state index contributed by atoms with van der Waals surface area (Å²) < 4.78 is 21.1. The van der Waals surface area contributed by atoms with Crippen molar-refractivity contribution in [3.63, 3.8) is 0 Å². The van der Waals surface area contributed by atoms with E-state index in [1.165, 1.54) is 0 Å². The zero-order chi connectivity index (χ0) is 42.8. The van der Waals surface area contributed by atoms with Crippen LogP contribution in [0.3, 0.4) is 0 Å². The van der Waals surface area contributed by atoms with Crippen molar-refractivity contribution >= 4 is 131 Å². The minimum absolute atomic E-state index is 0.764. The number of fused-ring (bicyclic) bond motifs is 21. The number of aromatic amines is 1. The number of hydrogen-bond acceptors (Lipinski definition) is 6. The Morgan fingerprint density at radius 3 is 1.44 bits per heavy atom. The van der Waals surface area contributed by atoms with E-state index in [2.05, 4.69) is 156 Å². The number of nitrogens with one attached hydrogen (secondary N) is 1. The van der Waals surface area contributed by atoms with Crippen LogP contribution in [0.5, 0.6) is 0 Å². The Kier molecular flexibility index (Phi) is 6.35. The van der Waals surface area contributed by atoms with E-state index >= 15 is 0 Å². The highest BCUT2D eigenvalue weighted by atomic mass is 16.3. The number of para-hydroxylation sites is 2. The van der Waals surface area contributed by atoms with Crippen molar-refractivity contribution in [1.29, 1.82) is 0 Å². The molecular formula is C56H30N8O2. The maximum Gasteiger partial charge on any atom is 0.149 e. The summed E-state index contributed by atoms with van der Waals surface area (Å²) in [7, 11) is 0. The average Bonchev–Trinajstić information content (AvgIpc) is 4.22. The molecule has 6 aromatic carbocycles. The van der Waals surface area contributed by atoms with E-state index < -0.39 is 0 Å². The fourth-order valence-corrected chi connectivity index (χ4v) is 11.1. The molecule has 66 heavy (non-hydrogen) atoms. The molecule has 0 amide bonds. The largest absolute Gasteiger partial charge is 0.455 e. The SMILES string of the molecule is c1ccc2c(c1)c1ncccc1n2-c1ccc2oc3c(c2c1)c1[nH]c2ccc(-n4c5ccncc5c5cnccc54)cc2c1c1oc2ccc(-n4c5ccccc5c5ncccc54)cc2c13. The molecule has 0 unspecified atom stereocenters. The molecule has 10 aromatic heterocycles. The van der Waals surface area contributed by atoms with Crippen LogP contribution in [0.4, 0.5) is 0 Å². The van der Waals surface area contributed by atoms with Crippen molar-refractivity contribution < 1.29 is 8.83 Å². The van der Waals surface area contributed by atoms with Gasteiger partial charge in [-0.25, -0.2) is 0 Å². The van der Waals surface area contributed by atoms with Crippen LogP contribution in [-0.2, 0) is 0 Å². The zero-order valence-electron chi connectivity index (χ0n) is 34.7. The number of nitrogens with zero attached hydrogens (tertiary/aromatic N) is 7. The second-order valence-electron chi connectivity index (χ2n) is 17.1. The van der Waals surface area contributed by atoms with Crippen LogP contribution >= 0.6 is 0 Å². The molecule has 10 nitrogen and oxygen atoms in total. The second-order valence-corrected chi connectivity index (χ2v) is 17.1. The van der Waals surface area contributed by atoms with E-state index in [-0.39, 0.29) is 0 Å². The lowest BCUT2D eigenvalue weighted by atomic mass is 10.0. The molecule has 0 aliphatic heterocycles. The molecule has 16 aromatic rings. The first-order chi connectivity index (χ1) is 32.7. The number of furan rings is 2. The molecule has 0 radical (unpaired) electrons. The first-order valence-corrected chi connectivity index (χ1v) is 21.9. The van der Waals surface area contributed by atoms with Gasteiger partial charge in [-0.05, 0) is 103 Å². The third kappa shape index (κ3) is 4.30. The number of pyridine rings is 4. The lowest BCUT2D eigenvalue weighted by Gasteiger charge is -2.08. The maximum absolute atomic E-state index is 7.10. The standard InChI is InChI=1S/C56H30N8O2/c1-3-9-41-33(7-1)52-45(11-5-21-59-52)63(41)31-14-17-47-36(26-31)50-54-49(35-25-30(13-16-40(35)61-54)62-43-19-23-57-28-38(43)39-29-58-24-20-44(39)62)55-51(56(50)65-47)37-27-32(15-18-48(37)66-55)64-42-10-4-2-8-34(42)53-46(64)12-6-22-60-53/h1-29,61H. The molecule has 16 rings (SSSR count). The van der Waals surface area contributed by atoms with Gasteiger partial charge in [-0.2, -0.15) is 0 Å². The Bertz CT molecular complexity index is 4120. The van der Waals surface area contributed by atoms with Gasteiger partial charge in [0.2, 0.25) is 0 Å². The normalized spacial score (nSPS) is 12.5. The van der Waals surface area contributed by atoms with Gasteiger partial charge in [-0.15, -0.1) is 0 Å². The molecule has 0 saturated carbocycles. The zero-order valence-corrected chi connectivity index (χ0v) is 34.7. The van der Waals surface area contributed by atoms with Gasteiger partial charge < -0.3 is 27.5 Å². The van der Waals surface area contributed by atoms with Gasteiger partial charge in [-0.3, -0.25) is 19.9 Å². The van der Waals surface area contributed by atoms with Crippen molar-refractivity contribution in [1.82, 2.24) is 38.6 Å². The Labute approximate surface area is 371 Å². The maximum atomic E-state index is 7.10. The Hall–Kier alpha value is -9.28.